The van der Waals surface area contributed by atoms with Gasteiger partial charge in [0.15, 0.2) is 38.0 Å². The molecule has 2 N–H and O–H groups in total. The van der Waals surface area contributed by atoms with Gasteiger partial charge < -0.3 is 38.5 Å². The van der Waals surface area contributed by atoms with E-state index in [1.54, 1.807) is 51.6 Å². The van der Waals surface area contributed by atoms with E-state index in [2.05, 4.69) is 9.97 Å². The maximum atomic E-state index is 13.6. The lowest BCUT2D eigenvalue weighted by atomic mass is 10.0. The van der Waals surface area contributed by atoms with Gasteiger partial charge in [0.05, 0.1) is 58.6 Å². The molecule has 13 heteroatoms. The van der Waals surface area contributed by atoms with Gasteiger partial charge in [-0.1, -0.05) is 18.7 Å². The van der Waals surface area contributed by atoms with E-state index in [-0.39, 0.29) is 16.7 Å². The fraction of sp³-hybridized carbons (Fsp3) is 0.516. The number of imidazole rings is 1. The Morgan fingerprint density at radius 3 is 2.20 bits per heavy atom. The zero-order valence-electron chi connectivity index (χ0n) is 25.8. The van der Waals surface area contributed by atoms with E-state index < -0.39 is 27.8 Å². The fourth-order valence-corrected chi connectivity index (χ4v) is 7.34. The van der Waals surface area contributed by atoms with Crippen LogP contribution in [0.2, 0.25) is 0 Å². The molecule has 1 aromatic heterocycles. The molecule has 0 amide bonds. The number of sulfone groups is 1. The highest BCUT2D eigenvalue weighted by Crippen LogP contribution is 2.48. The van der Waals surface area contributed by atoms with Crippen LogP contribution < -0.4 is 23.7 Å². The van der Waals surface area contributed by atoms with Crippen molar-refractivity contribution in [1.29, 1.82) is 0 Å². The minimum absolute atomic E-state index is 0.0100. The van der Waals surface area contributed by atoms with Crippen LogP contribution in [0, 0.1) is 0 Å². The summed E-state index contributed by atoms with van der Waals surface area (Å²) in [6, 6.07) is 7.15. The molecule has 44 heavy (non-hydrogen) atoms. The van der Waals surface area contributed by atoms with Crippen LogP contribution in [0.4, 0.5) is 0 Å². The van der Waals surface area contributed by atoms with Gasteiger partial charge in [-0.05, 0) is 68.0 Å². The molecule has 4 rings (SSSR count). The molecule has 0 saturated carbocycles. The number of rotatable bonds is 17. The second kappa shape index (κ2) is 15.7. The number of ether oxygens (including phenoxy) is 6. The summed E-state index contributed by atoms with van der Waals surface area (Å²) >= 11 is 1.58. The quantitative estimate of drug-likeness (QED) is 0.141. The first-order valence-corrected chi connectivity index (χ1v) is 17.3. The van der Waals surface area contributed by atoms with Crippen molar-refractivity contribution in [2.24, 2.45) is 0 Å². The number of hydrogen-bond acceptors (Lipinski definition) is 11. The van der Waals surface area contributed by atoms with E-state index in [0.717, 1.165) is 16.5 Å². The summed E-state index contributed by atoms with van der Waals surface area (Å²) in [5.74, 6) is 2.36. The van der Waals surface area contributed by atoms with E-state index in [1.807, 2.05) is 25.1 Å². The van der Waals surface area contributed by atoms with Crippen LogP contribution >= 0.6 is 11.8 Å². The molecule has 1 aliphatic heterocycles. The van der Waals surface area contributed by atoms with Gasteiger partial charge in [0, 0.05) is 18.1 Å². The fourth-order valence-electron chi connectivity index (χ4n) is 5.03. The molecule has 1 fully saturated rings. The highest BCUT2D eigenvalue weighted by atomic mass is 32.2. The third kappa shape index (κ3) is 8.32. The van der Waals surface area contributed by atoms with Crippen LogP contribution in [-0.2, 0) is 14.6 Å². The van der Waals surface area contributed by atoms with Gasteiger partial charge in [0.25, 0.3) is 0 Å². The number of methoxy groups -OCH3 is 3. The van der Waals surface area contributed by atoms with Gasteiger partial charge >= 0.3 is 0 Å². The average Bonchev–Trinajstić information content (AvgIpc) is 3.71. The van der Waals surface area contributed by atoms with Crippen molar-refractivity contribution in [2.45, 2.75) is 67.9 Å². The first kappa shape index (κ1) is 33.8. The van der Waals surface area contributed by atoms with Gasteiger partial charge in [-0.15, -0.1) is 0 Å². The predicted octanol–water partition coefficient (Wildman–Crippen LogP) is 5.53. The summed E-state index contributed by atoms with van der Waals surface area (Å²) in [5, 5.41) is 10.8. The van der Waals surface area contributed by atoms with Crippen molar-refractivity contribution in [2.75, 3.05) is 46.0 Å². The van der Waals surface area contributed by atoms with Crippen LogP contribution in [-0.4, -0.2) is 75.6 Å². The summed E-state index contributed by atoms with van der Waals surface area (Å²) in [7, 11) is 0.754. The van der Waals surface area contributed by atoms with Crippen molar-refractivity contribution in [3.8, 4) is 28.7 Å². The molecule has 3 aromatic rings. The van der Waals surface area contributed by atoms with Crippen LogP contribution in [0.15, 0.2) is 46.7 Å². The Labute approximate surface area is 263 Å². The number of H-pyrrole nitrogens is 1. The zero-order chi connectivity index (χ0) is 31.7. The smallest absolute Gasteiger partial charge is 0.203 e. The highest BCUT2D eigenvalue weighted by molar-refractivity contribution is 7.99. The van der Waals surface area contributed by atoms with Crippen LogP contribution in [0.1, 0.15) is 62.9 Å². The Balaban J connectivity index is 1.64. The molecule has 242 valence electrons. The highest BCUT2D eigenvalue weighted by Gasteiger charge is 2.33. The molecule has 0 radical (unpaired) electrons. The van der Waals surface area contributed by atoms with E-state index in [9.17, 15) is 13.5 Å². The maximum absolute atomic E-state index is 13.6. The zero-order valence-corrected chi connectivity index (χ0v) is 27.5. The Bertz CT molecular complexity index is 1440. The van der Waals surface area contributed by atoms with Crippen molar-refractivity contribution in [3.63, 3.8) is 0 Å². The average molecular weight is 651 g/mol. The molecular weight excluding hydrogens is 608 g/mol. The molecule has 0 aliphatic carbocycles. The largest absolute Gasteiger partial charge is 0.493 e. The number of nitrogens with one attached hydrogen (secondary N) is 1. The second-order valence-electron chi connectivity index (χ2n) is 10.4. The van der Waals surface area contributed by atoms with Crippen LogP contribution in [0.5, 0.6) is 28.7 Å². The molecule has 0 bridgehead atoms. The lowest BCUT2D eigenvalue weighted by Gasteiger charge is -2.21. The number of hydrogen-bond donors (Lipinski definition) is 2. The molecule has 3 atom stereocenters. The summed E-state index contributed by atoms with van der Waals surface area (Å²) in [4.78, 5) is 7.27. The first-order chi connectivity index (χ1) is 21.2. The molecule has 1 saturated heterocycles. The summed E-state index contributed by atoms with van der Waals surface area (Å²) in [5.41, 5.74) is 1.52. The Hall–Kier alpha value is -3.13. The maximum Gasteiger partial charge on any atom is 0.203 e. The number of thioether (sulfide) groups is 1. The molecule has 2 heterocycles. The van der Waals surface area contributed by atoms with Crippen LogP contribution in [0.25, 0.3) is 0 Å². The molecule has 11 nitrogen and oxygen atoms in total. The molecule has 1 aliphatic rings. The minimum Gasteiger partial charge on any atom is -0.493 e. The second-order valence-corrected chi connectivity index (χ2v) is 13.5. The standard InChI is InChI=1S/C31H42N2O9S2/c1-6-12-41-30-27(40-13-7-14-43-31-32-10-11-33-31)17-22(18-28(30)44(35,36)19-20(2)34)24-9-8-23(42-24)21-15-25(37-3)29(39-5)26(16-21)38-4/h10-11,15-18,20,23-24,34H,6-9,12-14,19H2,1-5H3,(H,32,33). The van der Waals surface area contributed by atoms with Gasteiger partial charge in [-0.3, -0.25) is 0 Å². The number of aromatic nitrogens is 2. The van der Waals surface area contributed by atoms with E-state index in [4.69, 9.17) is 28.4 Å². The Morgan fingerprint density at radius 1 is 0.977 bits per heavy atom. The van der Waals surface area contributed by atoms with Gasteiger partial charge in [-0.25, -0.2) is 13.4 Å². The Morgan fingerprint density at radius 2 is 1.64 bits per heavy atom. The lowest BCUT2D eigenvalue weighted by molar-refractivity contribution is 0.0435. The number of nitrogens with zero attached hydrogens (tertiary/aromatic N) is 1. The van der Waals surface area contributed by atoms with Crippen molar-refractivity contribution in [1.82, 2.24) is 9.97 Å². The van der Waals surface area contributed by atoms with Gasteiger partial charge in [-0.2, -0.15) is 0 Å². The normalized spacial score (nSPS) is 17.3. The first-order valence-electron chi connectivity index (χ1n) is 14.6. The number of aliphatic hydroxyl groups excluding tert-OH is 1. The number of benzene rings is 2. The van der Waals surface area contributed by atoms with E-state index >= 15 is 0 Å². The summed E-state index contributed by atoms with van der Waals surface area (Å²) in [6.45, 7) is 4.05. The van der Waals surface area contributed by atoms with E-state index in [0.29, 0.717) is 67.5 Å². The minimum atomic E-state index is -3.93. The van der Waals surface area contributed by atoms with Crippen molar-refractivity contribution in [3.05, 3.63) is 47.8 Å². The third-order valence-electron chi connectivity index (χ3n) is 7.00. The van der Waals surface area contributed by atoms with E-state index in [1.165, 1.54) is 6.92 Å². The van der Waals surface area contributed by atoms with Crippen LogP contribution in [0.3, 0.4) is 0 Å². The monoisotopic (exact) mass is 650 g/mol. The number of aliphatic hydroxyl groups is 1. The predicted molar refractivity (Wildman–Crippen MR) is 167 cm³/mol. The summed E-state index contributed by atoms with van der Waals surface area (Å²) in [6.07, 6.45) is 4.43. The van der Waals surface area contributed by atoms with Gasteiger partial charge in [0.1, 0.15) is 4.90 Å². The number of aromatic amines is 1. The molecule has 0 spiro atoms. The van der Waals surface area contributed by atoms with Gasteiger partial charge in [0.2, 0.25) is 5.75 Å². The molecule has 2 aromatic carbocycles. The lowest BCUT2D eigenvalue weighted by Crippen LogP contribution is -2.19. The topological polar surface area (TPSA) is 138 Å². The van der Waals surface area contributed by atoms with Crippen molar-refractivity contribution < 1.29 is 41.9 Å². The third-order valence-corrected chi connectivity index (χ3v) is 9.88. The Kier molecular flexibility index (Phi) is 12.1. The van der Waals surface area contributed by atoms with Crippen molar-refractivity contribution >= 4 is 21.6 Å². The summed E-state index contributed by atoms with van der Waals surface area (Å²) < 4.78 is 62.3. The SMILES string of the molecule is CCCOc1c(OCCCSc2ncc[nH]2)cc(C2CCC(c3cc(OC)c(OC)c(OC)c3)O2)cc1S(=O)(=O)CC(C)O. The molecular formula is C31H42N2O9S2. The molecule has 3 unspecified atom stereocenters.